The lowest BCUT2D eigenvalue weighted by atomic mass is 9.91. The Hall–Kier alpha value is -3.36. The van der Waals surface area contributed by atoms with E-state index in [-0.39, 0.29) is 12.2 Å². The fourth-order valence-corrected chi connectivity index (χ4v) is 3.30. The summed E-state index contributed by atoms with van der Waals surface area (Å²) in [7, 11) is 0. The molecule has 1 aliphatic carbocycles. The number of carbonyl (C=O) groups excluding carboxylic acids is 2. The van der Waals surface area contributed by atoms with Gasteiger partial charge in [0.2, 0.25) is 5.91 Å². The zero-order valence-electron chi connectivity index (χ0n) is 15.9. The monoisotopic (exact) mass is 402 g/mol. The van der Waals surface area contributed by atoms with Crippen LogP contribution in [0.2, 0.25) is 0 Å². The molecule has 0 aliphatic heterocycles. The van der Waals surface area contributed by atoms with Gasteiger partial charge in [-0.25, -0.2) is 4.79 Å². The molecule has 154 valence electrons. The maximum absolute atomic E-state index is 12.2. The molecule has 1 heterocycles. The van der Waals surface area contributed by atoms with Gasteiger partial charge in [-0.1, -0.05) is 0 Å². The molecule has 2 aromatic rings. The first kappa shape index (κ1) is 20.4. The van der Waals surface area contributed by atoms with E-state index in [1.165, 1.54) is 6.92 Å². The molecule has 1 aromatic carbocycles. The van der Waals surface area contributed by atoms with Crippen LogP contribution in [-0.4, -0.2) is 42.1 Å². The Morgan fingerprint density at radius 2 is 1.86 bits per heavy atom. The van der Waals surface area contributed by atoms with Gasteiger partial charge in [0.15, 0.2) is 6.10 Å². The number of fused-ring (bicyclic) bond motifs is 3. The SMILES string of the molecule is CC(Oc1ccc2c3c(c(=O)oc2c1)CCCC3)C(=O)NCC(=O)NCC(=O)O. The van der Waals surface area contributed by atoms with Crippen molar-refractivity contribution in [2.24, 2.45) is 0 Å². The van der Waals surface area contributed by atoms with Gasteiger partial charge in [-0.05, 0) is 50.3 Å². The summed E-state index contributed by atoms with van der Waals surface area (Å²) in [5.41, 5.74) is 1.84. The van der Waals surface area contributed by atoms with Gasteiger partial charge in [-0.2, -0.15) is 0 Å². The van der Waals surface area contributed by atoms with Crippen molar-refractivity contribution in [3.05, 3.63) is 39.7 Å². The number of hydrogen-bond donors (Lipinski definition) is 3. The molecule has 1 aromatic heterocycles. The number of carboxylic acids is 1. The molecule has 0 saturated carbocycles. The maximum atomic E-state index is 12.2. The van der Waals surface area contributed by atoms with Crippen molar-refractivity contribution >= 4 is 28.8 Å². The summed E-state index contributed by atoms with van der Waals surface area (Å²) in [5, 5.41) is 13.9. The highest BCUT2D eigenvalue weighted by Crippen LogP contribution is 2.29. The third-order valence-corrected chi connectivity index (χ3v) is 4.74. The van der Waals surface area contributed by atoms with Crippen LogP contribution < -0.4 is 21.0 Å². The Balaban J connectivity index is 1.65. The number of rotatable bonds is 7. The number of aliphatic carboxylic acids is 1. The summed E-state index contributed by atoms with van der Waals surface area (Å²) in [5.74, 6) is -1.98. The van der Waals surface area contributed by atoms with Crippen molar-refractivity contribution in [2.75, 3.05) is 13.1 Å². The van der Waals surface area contributed by atoms with E-state index >= 15 is 0 Å². The normalized spacial score (nSPS) is 14.0. The topological polar surface area (TPSA) is 135 Å². The number of nitrogens with one attached hydrogen (secondary N) is 2. The van der Waals surface area contributed by atoms with Crippen LogP contribution in [-0.2, 0) is 27.2 Å². The van der Waals surface area contributed by atoms with Crippen LogP contribution in [0.1, 0.15) is 30.9 Å². The lowest BCUT2D eigenvalue weighted by Gasteiger charge is -2.17. The van der Waals surface area contributed by atoms with Crippen LogP contribution in [0, 0.1) is 0 Å². The quantitative estimate of drug-likeness (QED) is 0.582. The van der Waals surface area contributed by atoms with E-state index in [4.69, 9.17) is 14.3 Å². The van der Waals surface area contributed by atoms with Gasteiger partial charge in [0.25, 0.3) is 5.91 Å². The number of hydrogen-bond acceptors (Lipinski definition) is 6. The predicted molar refractivity (Wildman–Crippen MR) is 103 cm³/mol. The molecule has 0 radical (unpaired) electrons. The van der Waals surface area contributed by atoms with Crippen LogP contribution in [0.4, 0.5) is 0 Å². The number of benzene rings is 1. The zero-order valence-corrected chi connectivity index (χ0v) is 15.9. The Kier molecular flexibility index (Phi) is 6.16. The van der Waals surface area contributed by atoms with Crippen molar-refractivity contribution < 1.29 is 28.6 Å². The first-order chi connectivity index (χ1) is 13.8. The number of aryl methyl sites for hydroxylation is 1. The first-order valence-corrected chi connectivity index (χ1v) is 9.36. The van der Waals surface area contributed by atoms with E-state index in [2.05, 4.69) is 10.6 Å². The van der Waals surface area contributed by atoms with Crippen LogP contribution >= 0.6 is 0 Å². The lowest BCUT2D eigenvalue weighted by Crippen LogP contribution is -2.43. The molecule has 29 heavy (non-hydrogen) atoms. The average molecular weight is 402 g/mol. The second kappa shape index (κ2) is 8.76. The van der Waals surface area contributed by atoms with E-state index in [0.717, 1.165) is 42.2 Å². The highest BCUT2D eigenvalue weighted by molar-refractivity contribution is 5.88. The summed E-state index contributed by atoms with van der Waals surface area (Å²) in [4.78, 5) is 46.2. The van der Waals surface area contributed by atoms with Crippen LogP contribution in [0.3, 0.4) is 0 Å². The predicted octanol–water partition coefficient (Wildman–Crippen LogP) is 0.756. The standard InChI is InChI=1S/C20H22N2O7/c1-11(19(26)22-9-17(23)21-10-18(24)25)28-12-6-7-14-13-4-2-3-5-15(13)20(27)29-16(14)8-12/h6-8,11H,2-5,9-10H2,1H3,(H,21,23)(H,22,26)(H,24,25). The second-order valence-electron chi connectivity index (χ2n) is 6.86. The Labute approximate surface area is 166 Å². The molecule has 9 nitrogen and oxygen atoms in total. The Morgan fingerprint density at radius 1 is 1.14 bits per heavy atom. The summed E-state index contributed by atoms with van der Waals surface area (Å²) < 4.78 is 11.0. The summed E-state index contributed by atoms with van der Waals surface area (Å²) in [6.07, 6.45) is 2.65. The molecule has 1 atom stereocenters. The Bertz CT molecular complexity index is 1010. The summed E-state index contributed by atoms with van der Waals surface area (Å²) >= 11 is 0. The van der Waals surface area contributed by atoms with Crippen molar-refractivity contribution in [1.82, 2.24) is 10.6 Å². The van der Waals surface area contributed by atoms with Crippen molar-refractivity contribution in [2.45, 2.75) is 38.7 Å². The molecule has 1 aliphatic rings. The molecule has 9 heteroatoms. The second-order valence-corrected chi connectivity index (χ2v) is 6.86. The number of ether oxygens (including phenoxy) is 1. The fourth-order valence-electron chi connectivity index (χ4n) is 3.30. The average Bonchev–Trinajstić information content (AvgIpc) is 2.70. The zero-order chi connectivity index (χ0) is 21.0. The molecule has 3 N–H and O–H groups in total. The highest BCUT2D eigenvalue weighted by Gasteiger charge is 2.20. The van der Waals surface area contributed by atoms with Crippen molar-refractivity contribution in [1.29, 1.82) is 0 Å². The van der Waals surface area contributed by atoms with E-state index in [9.17, 15) is 19.2 Å². The number of amides is 2. The third-order valence-electron chi connectivity index (χ3n) is 4.74. The van der Waals surface area contributed by atoms with Crippen LogP contribution in [0.25, 0.3) is 11.0 Å². The molecule has 0 saturated heterocycles. The van der Waals surface area contributed by atoms with E-state index in [1.807, 2.05) is 6.07 Å². The third kappa shape index (κ3) is 4.92. The summed E-state index contributed by atoms with van der Waals surface area (Å²) in [6.45, 7) is 0.628. The van der Waals surface area contributed by atoms with Crippen LogP contribution in [0.15, 0.2) is 27.4 Å². The van der Waals surface area contributed by atoms with Gasteiger partial charge >= 0.3 is 11.6 Å². The van der Waals surface area contributed by atoms with Crippen LogP contribution in [0.5, 0.6) is 5.75 Å². The number of carbonyl (C=O) groups is 3. The van der Waals surface area contributed by atoms with Crippen molar-refractivity contribution in [3.8, 4) is 5.75 Å². The molecule has 0 bridgehead atoms. The largest absolute Gasteiger partial charge is 0.481 e. The van der Waals surface area contributed by atoms with Gasteiger partial charge in [-0.15, -0.1) is 0 Å². The first-order valence-electron chi connectivity index (χ1n) is 9.36. The van der Waals surface area contributed by atoms with E-state index in [1.54, 1.807) is 12.1 Å². The van der Waals surface area contributed by atoms with Gasteiger partial charge in [0, 0.05) is 17.0 Å². The maximum Gasteiger partial charge on any atom is 0.339 e. The van der Waals surface area contributed by atoms with Gasteiger partial charge in [0.1, 0.15) is 17.9 Å². The minimum Gasteiger partial charge on any atom is -0.481 e. The minimum absolute atomic E-state index is 0.331. The van der Waals surface area contributed by atoms with Gasteiger partial charge < -0.3 is 24.9 Å². The van der Waals surface area contributed by atoms with Gasteiger partial charge in [0.05, 0.1) is 6.54 Å². The molecule has 1 unspecified atom stereocenters. The molecular formula is C20H22N2O7. The highest BCUT2D eigenvalue weighted by atomic mass is 16.5. The minimum atomic E-state index is -1.18. The number of carboxylic acid groups (broad SMARTS) is 1. The molecule has 2 amide bonds. The van der Waals surface area contributed by atoms with Crippen molar-refractivity contribution in [3.63, 3.8) is 0 Å². The van der Waals surface area contributed by atoms with E-state index in [0.29, 0.717) is 11.3 Å². The van der Waals surface area contributed by atoms with Gasteiger partial charge in [-0.3, -0.25) is 14.4 Å². The molecule has 3 rings (SSSR count). The van der Waals surface area contributed by atoms with E-state index < -0.39 is 30.4 Å². The smallest absolute Gasteiger partial charge is 0.339 e. The molecule has 0 spiro atoms. The Morgan fingerprint density at radius 3 is 2.59 bits per heavy atom. The summed E-state index contributed by atoms with van der Waals surface area (Å²) in [6, 6.07) is 5.11. The molecule has 0 fully saturated rings. The lowest BCUT2D eigenvalue weighted by molar-refractivity contribution is -0.137. The fraction of sp³-hybridized carbons (Fsp3) is 0.400. The molecular weight excluding hydrogens is 380 g/mol.